The van der Waals surface area contributed by atoms with Gasteiger partial charge in [0.15, 0.2) is 0 Å². The van der Waals surface area contributed by atoms with Crippen LogP contribution in [0, 0.1) is 0 Å². The summed E-state index contributed by atoms with van der Waals surface area (Å²) in [6.07, 6.45) is 4.25. The molecule has 0 saturated carbocycles. The zero-order valence-corrected chi connectivity index (χ0v) is 13.9. The van der Waals surface area contributed by atoms with E-state index in [2.05, 4.69) is 22.0 Å². The van der Waals surface area contributed by atoms with E-state index in [0.29, 0.717) is 0 Å². The van der Waals surface area contributed by atoms with Gasteiger partial charge in [-0.05, 0) is 6.07 Å². The number of carbonyl (C=O) groups excluding carboxylic acids is 1. The molecule has 5 nitrogen and oxygen atoms in total. The second kappa shape index (κ2) is 7.15. The van der Waals surface area contributed by atoms with Crippen LogP contribution in [-0.2, 0) is 4.79 Å². The minimum absolute atomic E-state index is 0.0298. The average molecular weight is 315 g/mol. The Bertz CT molecular complexity index is 587. The van der Waals surface area contributed by atoms with Gasteiger partial charge in [-0.15, -0.1) is 0 Å². The molecule has 2 aliphatic rings. The third-order valence-corrected chi connectivity index (χ3v) is 4.76. The van der Waals surface area contributed by atoms with Gasteiger partial charge < -0.3 is 9.64 Å². The molecule has 2 heterocycles. The second-order valence-electron chi connectivity index (χ2n) is 6.22. The Morgan fingerprint density at radius 1 is 1.22 bits per heavy atom. The number of carbonyl (C=O) groups is 1. The lowest BCUT2D eigenvalue weighted by molar-refractivity contribution is -0.143. The van der Waals surface area contributed by atoms with Gasteiger partial charge in [-0.2, -0.15) is 0 Å². The summed E-state index contributed by atoms with van der Waals surface area (Å²) < 4.78 is 5.36. The molecule has 0 aliphatic carbocycles. The Labute approximate surface area is 138 Å². The molecule has 1 aromatic rings. The topological polar surface area (TPSA) is 36.0 Å². The number of amides is 1. The number of hydrogen-bond acceptors (Lipinski definition) is 4. The first-order chi connectivity index (χ1) is 11.2. The number of nitrogens with zero attached hydrogens (tertiary/aromatic N) is 3. The van der Waals surface area contributed by atoms with Crippen LogP contribution < -0.4 is 4.74 Å². The van der Waals surface area contributed by atoms with E-state index in [1.807, 2.05) is 36.2 Å². The Morgan fingerprint density at radius 3 is 2.83 bits per heavy atom. The van der Waals surface area contributed by atoms with Crippen molar-refractivity contribution in [3.05, 3.63) is 35.9 Å². The van der Waals surface area contributed by atoms with Gasteiger partial charge in [0.1, 0.15) is 11.8 Å². The first-order valence-corrected chi connectivity index (χ1v) is 8.20. The number of methoxy groups -OCH3 is 1. The average Bonchev–Trinajstić information content (AvgIpc) is 2.59. The van der Waals surface area contributed by atoms with Crippen LogP contribution in [0.5, 0.6) is 5.75 Å². The molecule has 0 bridgehead atoms. The zero-order chi connectivity index (χ0) is 16.2. The molecule has 2 aliphatic heterocycles. The van der Waals surface area contributed by atoms with Crippen LogP contribution in [0.25, 0.3) is 6.08 Å². The van der Waals surface area contributed by atoms with E-state index in [4.69, 9.17) is 4.74 Å². The Balaban J connectivity index is 1.59. The van der Waals surface area contributed by atoms with Gasteiger partial charge in [-0.25, -0.2) is 0 Å². The fourth-order valence-electron chi connectivity index (χ4n) is 3.32. The lowest BCUT2D eigenvalue weighted by Gasteiger charge is -2.45. The highest BCUT2D eigenvalue weighted by Gasteiger charge is 2.36. The van der Waals surface area contributed by atoms with Crippen molar-refractivity contribution in [3.63, 3.8) is 0 Å². The summed E-state index contributed by atoms with van der Waals surface area (Å²) in [7, 11) is 3.59. The largest absolute Gasteiger partial charge is 0.496 e. The molecule has 5 heteroatoms. The van der Waals surface area contributed by atoms with Crippen LogP contribution >= 0.6 is 0 Å². The highest BCUT2D eigenvalue weighted by atomic mass is 16.5. The summed E-state index contributed by atoms with van der Waals surface area (Å²) in [5, 5.41) is 0. The summed E-state index contributed by atoms with van der Waals surface area (Å²) in [6.45, 7) is 5.52. The summed E-state index contributed by atoms with van der Waals surface area (Å²) >= 11 is 0. The molecule has 124 valence electrons. The molecule has 0 aromatic heterocycles. The lowest BCUT2D eigenvalue weighted by atomic mass is 10.1. The van der Waals surface area contributed by atoms with Gasteiger partial charge in [0.25, 0.3) is 0 Å². The third kappa shape index (κ3) is 3.57. The number of hydrogen-bond donors (Lipinski definition) is 0. The van der Waals surface area contributed by atoms with Crippen LogP contribution in [0.15, 0.2) is 30.3 Å². The van der Waals surface area contributed by atoms with E-state index in [1.54, 1.807) is 7.11 Å². The normalized spacial score (nSPS) is 23.3. The quantitative estimate of drug-likeness (QED) is 0.836. The van der Waals surface area contributed by atoms with Crippen molar-refractivity contribution >= 4 is 12.0 Å². The molecular formula is C18H25N3O2. The van der Waals surface area contributed by atoms with Crippen molar-refractivity contribution < 1.29 is 9.53 Å². The molecule has 23 heavy (non-hydrogen) atoms. The highest BCUT2D eigenvalue weighted by molar-refractivity contribution is 5.82. The zero-order valence-electron chi connectivity index (χ0n) is 13.9. The van der Waals surface area contributed by atoms with Crippen LogP contribution in [0.3, 0.4) is 0 Å². The molecule has 1 atom stereocenters. The molecule has 0 N–H and O–H groups in total. The molecule has 2 saturated heterocycles. The SMILES string of the molecule is COc1ccccc1C=CCN1CCN2CCN(C)C(=O)C2C1. The van der Waals surface area contributed by atoms with Crippen LogP contribution in [0.1, 0.15) is 5.56 Å². The first-order valence-electron chi connectivity index (χ1n) is 8.20. The predicted molar refractivity (Wildman–Crippen MR) is 91.5 cm³/mol. The maximum Gasteiger partial charge on any atom is 0.241 e. The fourth-order valence-corrected chi connectivity index (χ4v) is 3.32. The fraction of sp³-hybridized carbons (Fsp3) is 0.500. The van der Waals surface area contributed by atoms with E-state index in [1.165, 1.54) is 0 Å². The van der Waals surface area contributed by atoms with E-state index < -0.39 is 0 Å². The molecule has 0 radical (unpaired) electrons. The number of ether oxygens (including phenoxy) is 1. The maximum absolute atomic E-state index is 12.3. The molecule has 3 rings (SSSR count). The second-order valence-corrected chi connectivity index (χ2v) is 6.22. The Hall–Kier alpha value is -1.85. The van der Waals surface area contributed by atoms with Gasteiger partial charge in [-0.3, -0.25) is 14.6 Å². The minimum atomic E-state index is 0.0298. The van der Waals surface area contributed by atoms with Gasteiger partial charge in [-0.1, -0.05) is 30.4 Å². The smallest absolute Gasteiger partial charge is 0.241 e. The van der Waals surface area contributed by atoms with Gasteiger partial charge >= 0.3 is 0 Å². The van der Waals surface area contributed by atoms with Crippen LogP contribution in [-0.4, -0.2) is 80.1 Å². The van der Waals surface area contributed by atoms with E-state index in [-0.39, 0.29) is 11.9 Å². The molecule has 1 aromatic carbocycles. The van der Waals surface area contributed by atoms with Crippen LogP contribution in [0.4, 0.5) is 0 Å². The van der Waals surface area contributed by atoms with Gasteiger partial charge in [0, 0.05) is 51.9 Å². The number of benzene rings is 1. The summed E-state index contributed by atoms with van der Waals surface area (Å²) in [4.78, 5) is 18.8. The maximum atomic E-state index is 12.3. The van der Waals surface area contributed by atoms with Crippen molar-refractivity contribution in [1.82, 2.24) is 14.7 Å². The third-order valence-electron chi connectivity index (χ3n) is 4.76. The van der Waals surface area contributed by atoms with Crippen molar-refractivity contribution in [2.45, 2.75) is 6.04 Å². The Morgan fingerprint density at radius 2 is 2.00 bits per heavy atom. The van der Waals surface area contributed by atoms with Crippen molar-refractivity contribution in [2.75, 3.05) is 53.4 Å². The van der Waals surface area contributed by atoms with Crippen molar-refractivity contribution in [3.8, 4) is 5.75 Å². The Kier molecular flexibility index (Phi) is 4.98. The lowest BCUT2D eigenvalue weighted by Crippen LogP contribution is -2.63. The highest BCUT2D eigenvalue weighted by Crippen LogP contribution is 2.19. The molecule has 2 fully saturated rings. The monoisotopic (exact) mass is 315 g/mol. The van der Waals surface area contributed by atoms with Gasteiger partial charge in [0.2, 0.25) is 5.91 Å². The van der Waals surface area contributed by atoms with Gasteiger partial charge in [0.05, 0.1) is 7.11 Å². The summed E-state index contributed by atoms with van der Waals surface area (Å²) in [6, 6.07) is 8.03. The van der Waals surface area contributed by atoms with E-state index in [9.17, 15) is 4.79 Å². The standard InChI is InChI=1S/C18H25N3O2/c1-19-10-12-21-13-11-20(14-16(21)18(19)22)9-5-7-15-6-3-4-8-17(15)23-2/h3-8,16H,9-14H2,1-2H3. The molecular weight excluding hydrogens is 290 g/mol. The number of rotatable bonds is 4. The molecule has 0 spiro atoms. The summed E-state index contributed by atoms with van der Waals surface area (Å²) in [5.41, 5.74) is 1.09. The number of likely N-dealkylation sites (N-methyl/N-ethyl adjacent to an activating group) is 1. The molecule has 1 amide bonds. The minimum Gasteiger partial charge on any atom is -0.496 e. The molecule has 1 unspecified atom stereocenters. The van der Waals surface area contributed by atoms with Crippen molar-refractivity contribution in [2.24, 2.45) is 0 Å². The predicted octanol–water partition coefficient (Wildman–Crippen LogP) is 1.17. The summed E-state index contributed by atoms with van der Waals surface area (Å²) in [5.74, 6) is 1.15. The number of piperazine rings is 2. The van der Waals surface area contributed by atoms with Crippen molar-refractivity contribution in [1.29, 1.82) is 0 Å². The number of para-hydroxylation sites is 1. The van der Waals surface area contributed by atoms with Crippen LogP contribution in [0.2, 0.25) is 0 Å². The van der Waals surface area contributed by atoms with E-state index >= 15 is 0 Å². The first kappa shape index (κ1) is 16.0. The van der Waals surface area contributed by atoms with E-state index in [0.717, 1.165) is 50.6 Å². The number of fused-ring (bicyclic) bond motifs is 1.